The van der Waals surface area contributed by atoms with Gasteiger partial charge in [0.05, 0.1) is 0 Å². The second-order valence-electron chi connectivity index (χ2n) is 2.20. The minimum atomic E-state index is -0.488. The second kappa shape index (κ2) is 1.16. The maximum Gasteiger partial charge on any atom is 0.508 e. The molecule has 3 fully saturated rings. The molecule has 8 heavy (non-hydrogen) atoms. The van der Waals surface area contributed by atoms with Crippen molar-refractivity contribution in [2.24, 2.45) is 0 Å². The molecular formula is C5H6O3. The van der Waals surface area contributed by atoms with E-state index in [0.717, 1.165) is 12.8 Å². The van der Waals surface area contributed by atoms with E-state index < -0.39 is 6.16 Å². The summed E-state index contributed by atoms with van der Waals surface area (Å²) in [5.74, 6) is 0. The Morgan fingerprint density at radius 2 is 1.75 bits per heavy atom. The van der Waals surface area contributed by atoms with Crippen LogP contribution in [0, 0.1) is 0 Å². The van der Waals surface area contributed by atoms with Gasteiger partial charge in [-0.05, 0) is 0 Å². The Hall–Kier alpha value is -0.730. The number of hydrogen-bond donors (Lipinski definition) is 0. The third-order valence-electron chi connectivity index (χ3n) is 1.58. The average Bonchev–Trinajstić information content (AvgIpc) is 1.62. The highest BCUT2D eigenvalue weighted by atomic mass is 16.8. The summed E-state index contributed by atoms with van der Waals surface area (Å²) in [5, 5.41) is 0. The second-order valence-corrected chi connectivity index (χ2v) is 2.20. The Kier molecular flexibility index (Phi) is 0.604. The lowest BCUT2D eigenvalue weighted by Gasteiger charge is -2.38. The third kappa shape index (κ3) is 0.412. The molecule has 0 unspecified atom stereocenters. The van der Waals surface area contributed by atoms with E-state index in [0.29, 0.717) is 0 Å². The fraction of sp³-hybridized carbons (Fsp3) is 0.800. The van der Waals surface area contributed by atoms with Crippen molar-refractivity contribution in [1.29, 1.82) is 0 Å². The van der Waals surface area contributed by atoms with Gasteiger partial charge < -0.3 is 9.47 Å². The standard InChI is InChI=1S/C5H6O3/c6-5-7-3-1-4(2-3)8-5/h3-4H,1-2H2. The van der Waals surface area contributed by atoms with E-state index >= 15 is 0 Å². The molecule has 2 saturated heterocycles. The zero-order chi connectivity index (χ0) is 5.56. The summed E-state index contributed by atoms with van der Waals surface area (Å²) in [6.07, 6.45) is 1.69. The monoisotopic (exact) mass is 114 g/mol. The van der Waals surface area contributed by atoms with Crippen LogP contribution in [0.1, 0.15) is 12.8 Å². The van der Waals surface area contributed by atoms with Gasteiger partial charge in [0.1, 0.15) is 12.2 Å². The highest BCUT2D eigenvalue weighted by Gasteiger charge is 2.40. The summed E-state index contributed by atoms with van der Waals surface area (Å²) < 4.78 is 9.38. The first kappa shape index (κ1) is 4.18. The predicted molar refractivity (Wildman–Crippen MR) is 24.4 cm³/mol. The Labute approximate surface area is 46.6 Å². The number of rotatable bonds is 0. The molecule has 0 N–H and O–H groups in total. The quantitative estimate of drug-likeness (QED) is 0.434. The highest BCUT2D eigenvalue weighted by Crippen LogP contribution is 2.31. The largest absolute Gasteiger partial charge is 0.508 e. The van der Waals surface area contributed by atoms with Crippen LogP contribution in [0.25, 0.3) is 0 Å². The van der Waals surface area contributed by atoms with E-state index in [1.165, 1.54) is 0 Å². The molecule has 2 aliphatic heterocycles. The van der Waals surface area contributed by atoms with Crippen molar-refractivity contribution in [3.63, 3.8) is 0 Å². The third-order valence-corrected chi connectivity index (χ3v) is 1.58. The highest BCUT2D eigenvalue weighted by molar-refractivity contribution is 5.62. The summed E-state index contributed by atoms with van der Waals surface area (Å²) in [6.45, 7) is 0. The van der Waals surface area contributed by atoms with Crippen LogP contribution >= 0.6 is 0 Å². The molecule has 3 aliphatic rings. The van der Waals surface area contributed by atoms with Gasteiger partial charge in [-0.3, -0.25) is 0 Å². The molecule has 0 amide bonds. The number of hydrogen-bond acceptors (Lipinski definition) is 3. The summed E-state index contributed by atoms with van der Waals surface area (Å²) >= 11 is 0. The average molecular weight is 114 g/mol. The van der Waals surface area contributed by atoms with Gasteiger partial charge in [-0.25, -0.2) is 4.79 Å². The first-order valence-electron chi connectivity index (χ1n) is 2.72. The van der Waals surface area contributed by atoms with Crippen LogP contribution in [0.3, 0.4) is 0 Å². The van der Waals surface area contributed by atoms with Gasteiger partial charge in [0, 0.05) is 12.8 Å². The van der Waals surface area contributed by atoms with E-state index in [-0.39, 0.29) is 12.2 Å². The van der Waals surface area contributed by atoms with Crippen LogP contribution in [-0.4, -0.2) is 18.4 Å². The van der Waals surface area contributed by atoms with Gasteiger partial charge >= 0.3 is 6.16 Å². The summed E-state index contributed by atoms with van der Waals surface area (Å²) in [5.41, 5.74) is 0. The Bertz CT molecular complexity index is 114. The van der Waals surface area contributed by atoms with Crippen molar-refractivity contribution in [1.82, 2.24) is 0 Å². The smallest absolute Gasteiger partial charge is 0.431 e. The summed E-state index contributed by atoms with van der Waals surface area (Å²) in [7, 11) is 0. The maximum absolute atomic E-state index is 10.3. The molecule has 0 aromatic carbocycles. The molecule has 2 bridgehead atoms. The molecule has 2 heterocycles. The minimum absolute atomic E-state index is 0.182. The lowest BCUT2D eigenvalue weighted by atomic mass is 9.91. The van der Waals surface area contributed by atoms with E-state index in [9.17, 15) is 4.79 Å². The Balaban J connectivity index is 2.07. The molecule has 0 atom stereocenters. The van der Waals surface area contributed by atoms with Gasteiger partial charge in [0.2, 0.25) is 0 Å². The zero-order valence-corrected chi connectivity index (χ0v) is 4.29. The number of fused-ring (bicyclic) bond motifs is 2. The SMILES string of the molecule is O=C1OC2CC(C2)O1. The van der Waals surface area contributed by atoms with Crippen molar-refractivity contribution < 1.29 is 14.3 Å². The molecule has 3 rings (SSSR count). The summed E-state index contributed by atoms with van der Waals surface area (Å²) in [4.78, 5) is 10.3. The molecule has 0 radical (unpaired) electrons. The molecule has 3 heteroatoms. The Morgan fingerprint density at radius 1 is 1.25 bits per heavy atom. The van der Waals surface area contributed by atoms with Crippen molar-refractivity contribution in [3.05, 3.63) is 0 Å². The topological polar surface area (TPSA) is 35.5 Å². The van der Waals surface area contributed by atoms with Gasteiger partial charge in [-0.2, -0.15) is 0 Å². The molecular weight excluding hydrogens is 108 g/mol. The minimum Gasteiger partial charge on any atom is -0.431 e. The molecule has 0 spiro atoms. The zero-order valence-electron chi connectivity index (χ0n) is 4.29. The van der Waals surface area contributed by atoms with Crippen LogP contribution < -0.4 is 0 Å². The summed E-state index contributed by atoms with van der Waals surface area (Å²) in [6, 6.07) is 0. The predicted octanol–water partition coefficient (Wildman–Crippen LogP) is 0.684. The number of carbonyl (C=O) groups excluding carboxylic acids is 1. The van der Waals surface area contributed by atoms with Crippen molar-refractivity contribution in [3.8, 4) is 0 Å². The Morgan fingerprint density at radius 3 is 2.00 bits per heavy atom. The van der Waals surface area contributed by atoms with Crippen molar-refractivity contribution >= 4 is 6.16 Å². The fourth-order valence-electron chi connectivity index (χ4n) is 1.01. The normalized spacial score (nSPS) is 41.8. The van der Waals surface area contributed by atoms with Gasteiger partial charge in [-0.1, -0.05) is 0 Å². The molecule has 0 aromatic heterocycles. The lowest BCUT2D eigenvalue weighted by Crippen LogP contribution is -2.46. The molecule has 1 aliphatic carbocycles. The van der Waals surface area contributed by atoms with Crippen LogP contribution in [0.4, 0.5) is 4.79 Å². The lowest BCUT2D eigenvalue weighted by molar-refractivity contribution is -0.133. The molecule has 0 aromatic rings. The van der Waals surface area contributed by atoms with Crippen molar-refractivity contribution in [2.75, 3.05) is 0 Å². The van der Waals surface area contributed by atoms with E-state index in [1.807, 2.05) is 0 Å². The maximum atomic E-state index is 10.3. The molecule has 44 valence electrons. The van der Waals surface area contributed by atoms with Crippen LogP contribution in [0.5, 0.6) is 0 Å². The molecule has 3 nitrogen and oxygen atoms in total. The van der Waals surface area contributed by atoms with E-state index in [1.54, 1.807) is 0 Å². The van der Waals surface area contributed by atoms with Crippen molar-refractivity contribution in [2.45, 2.75) is 25.0 Å². The first-order valence-corrected chi connectivity index (χ1v) is 2.72. The molecule has 1 saturated carbocycles. The number of carbonyl (C=O) groups is 1. The van der Waals surface area contributed by atoms with Crippen LogP contribution in [-0.2, 0) is 9.47 Å². The van der Waals surface area contributed by atoms with Crippen LogP contribution in [0.2, 0.25) is 0 Å². The number of ether oxygens (including phenoxy) is 2. The van der Waals surface area contributed by atoms with Gasteiger partial charge in [0.15, 0.2) is 0 Å². The fourth-order valence-corrected chi connectivity index (χ4v) is 1.01. The van der Waals surface area contributed by atoms with E-state index in [2.05, 4.69) is 0 Å². The van der Waals surface area contributed by atoms with E-state index in [4.69, 9.17) is 9.47 Å². The van der Waals surface area contributed by atoms with Gasteiger partial charge in [0.25, 0.3) is 0 Å². The first-order chi connectivity index (χ1) is 3.84. The van der Waals surface area contributed by atoms with Gasteiger partial charge in [-0.15, -0.1) is 0 Å². The van der Waals surface area contributed by atoms with Crippen LogP contribution in [0.15, 0.2) is 0 Å².